The van der Waals surface area contributed by atoms with E-state index >= 15 is 0 Å². The van der Waals surface area contributed by atoms with Crippen molar-refractivity contribution in [3.63, 3.8) is 0 Å². The minimum Gasteiger partial charge on any atom is -0.211 e. The Hall–Kier alpha value is -1.36. The van der Waals surface area contributed by atoms with Gasteiger partial charge in [0.15, 0.2) is 0 Å². The Morgan fingerprint density at radius 2 is 1.67 bits per heavy atom. The molecule has 0 aliphatic carbocycles. The highest BCUT2D eigenvalue weighted by molar-refractivity contribution is 7.89. The van der Waals surface area contributed by atoms with Crippen LogP contribution in [-0.4, -0.2) is 15.0 Å². The maximum Gasteiger partial charge on any atom is 0.240 e. The van der Waals surface area contributed by atoms with Crippen molar-refractivity contribution in [3.05, 3.63) is 65.7 Å². The molecular formula is C16H18ClNO2S. The summed E-state index contributed by atoms with van der Waals surface area (Å²) < 4.78 is 27.0. The lowest BCUT2D eigenvalue weighted by Gasteiger charge is -2.14. The van der Waals surface area contributed by atoms with Gasteiger partial charge in [-0.05, 0) is 23.6 Å². The van der Waals surface area contributed by atoms with Crippen LogP contribution in [0.3, 0.4) is 0 Å². The predicted molar refractivity (Wildman–Crippen MR) is 86.0 cm³/mol. The Morgan fingerprint density at radius 3 is 2.33 bits per heavy atom. The standard InChI is InChI=1S/C16H18ClNO2S/c1-2-18-21(19,20)16-11-7-6-10-14(16)12-15(17)13-8-4-3-5-9-13/h3-11,15,18H,2,12H2,1H3. The van der Waals surface area contributed by atoms with Gasteiger partial charge in [-0.3, -0.25) is 0 Å². The summed E-state index contributed by atoms with van der Waals surface area (Å²) in [5, 5.41) is -0.260. The highest BCUT2D eigenvalue weighted by Crippen LogP contribution is 2.27. The number of benzene rings is 2. The largest absolute Gasteiger partial charge is 0.240 e. The van der Waals surface area contributed by atoms with Crippen LogP contribution in [0.25, 0.3) is 0 Å². The first-order valence-corrected chi connectivity index (χ1v) is 8.73. The van der Waals surface area contributed by atoms with E-state index in [1.54, 1.807) is 19.1 Å². The molecule has 0 saturated carbocycles. The Labute approximate surface area is 131 Å². The van der Waals surface area contributed by atoms with E-state index in [-0.39, 0.29) is 5.38 Å². The minimum absolute atomic E-state index is 0.260. The number of rotatable bonds is 6. The molecule has 0 aromatic heterocycles. The zero-order chi connectivity index (χ0) is 15.3. The van der Waals surface area contributed by atoms with E-state index in [4.69, 9.17) is 11.6 Å². The first kappa shape index (κ1) is 16.0. The number of sulfonamides is 1. The van der Waals surface area contributed by atoms with Crippen LogP contribution in [0.15, 0.2) is 59.5 Å². The molecule has 0 radical (unpaired) electrons. The summed E-state index contributed by atoms with van der Waals surface area (Å²) in [5.41, 5.74) is 1.71. The van der Waals surface area contributed by atoms with Crippen molar-refractivity contribution < 1.29 is 8.42 Å². The first-order chi connectivity index (χ1) is 10.0. The van der Waals surface area contributed by atoms with Crippen LogP contribution in [-0.2, 0) is 16.4 Å². The third kappa shape index (κ3) is 4.06. The van der Waals surface area contributed by atoms with Gasteiger partial charge in [0, 0.05) is 6.54 Å². The fourth-order valence-electron chi connectivity index (χ4n) is 2.18. The summed E-state index contributed by atoms with van der Waals surface area (Å²) in [6, 6.07) is 16.6. The number of nitrogens with one attached hydrogen (secondary N) is 1. The minimum atomic E-state index is -3.48. The fourth-order valence-corrected chi connectivity index (χ4v) is 3.78. The first-order valence-electron chi connectivity index (χ1n) is 6.81. The van der Waals surface area contributed by atoms with Crippen LogP contribution in [0.5, 0.6) is 0 Å². The Morgan fingerprint density at radius 1 is 1.05 bits per heavy atom. The van der Waals surface area contributed by atoms with Crippen molar-refractivity contribution in [1.82, 2.24) is 4.72 Å². The third-order valence-corrected chi connectivity index (χ3v) is 5.21. The number of halogens is 1. The third-order valence-electron chi connectivity index (χ3n) is 3.16. The molecule has 0 saturated heterocycles. The normalized spacial score (nSPS) is 13.0. The lowest BCUT2D eigenvalue weighted by molar-refractivity contribution is 0.582. The Kier molecular flexibility index (Phi) is 5.39. The smallest absolute Gasteiger partial charge is 0.211 e. The van der Waals surface area contributed by atoms with E-state index in [1.165, 1.54) is 0 Å². The van der Waals surface area contributed by atoms with Crippen molar-refractivity contribution in [1.29, 1.82) is 0 Å². The van der Waals surface area contributed by atoms with Crippen LogP contribution < -0.4 is 4.72 Å². The SMILES string of the molecule is CCNS(=O)(=O)c1ccccc1CC(Cl)c1ccccc1. The van der Waals surface area contributed by atoms with E-state index in [1.807, 2.05) is 42.5 Å². The topological polar surface area (TPSA) is 46.2 Å². The van der Waals surface area contributed by atoms with Gasteiger partial charge in [-0.15, -0.1) is 11.6 Å². The van der Waals surface area contributed by atoms with Crippen molar-refractivity contribution in [3.8, 4) is 0 Å². The molecule has 1 atom stereocenters. The summed E-state index contributed by atoms with van der Waals surface area (Å²) in [6.45, 7) is 2.12. The van der Waals surface area contributed by atoms with E-state index in [0.29, 0.717) is 17.9 Å². The van der Waals surface area contributed by atoms with Crippen molar-refractivity contribution in [2.75, 3.05) is 6.54 Å². The maximum atomic E-state index is 12.2. The molecule has 0 amide bonds. The van der Waals surface area contributed by atoms with Crippen molar-refractivity contribution in [2.24, 2.45) is 0 Å². The number of hydrogen-bond donors (Lipinski definition) is 1. The monoisotopic (exact) mass is 323 g/mol. The molecule has 0 aliphatic rings. The van der Waals surface area contributed by atoms with Gasteiger partial charge in [0.2, 0.25) is 10.0 Å². The molecule has 0 aliphatic heterocycles. The zero-order valence-electron chi connectivity index (χ0n) is 11.8. The lowest BCUT2D eigenvalue weighted by Crippen LogP contribution is -2.24. The molecule has 2 aromatic rings. The van der Waals surface area contributed by atoms with Crippen LogP contribution in [0.1, 0.15) is 23.4 Å². The van der Waals surface area contributed by atoms with Gasteiger partial charge in [0.1, 0.15) is 0 Å². The van der Waals surface area contributed by atoms with E-state index in [0.717, 1.165) is 11.1 Å². The molecule has 0 heterocycles. The molecule has 5 heteroatoms. The summed E-state index contributed by atoms with van der Waals surface area (Å²) >= 11 is 6.42. The second kappa shape index (κ2) is 7.07. The highest BCUT2D eigenvalue weighted by atomic mass is 35.5. The average Bonchev–Trinajstić information content (AvgIpc) is 2.48. The number of alkyl halides is 1. The van der Waals surface area contributed by atoms with Crippen molar-refractivity contribution in [2.45, 2.75) is 23.6 Å². The van der Waals surface area contributed by atoms with Crippen LogP contribution in [0.2, 0.25) is 0 Å². The van der Waals surface area contributed by atoms with Crippen LogP contribution in [0, 0.1) is 0 Å². The van der Waals surface area contributed by atoms with Gasteiger partial charge in [-0.2, -0.15) is 0 Å². The molecule has 3 nitrogen and oxygen atoms in total. The van der Waals surface area contributed by atoms with Gasteiger partial charge in [0.05, 0.1) is 10.3 Å². The molecule has 1 N–H and O–H groups in total. The Bertz CT molecular complexity index is 686. The number of hydrogen-bond acceptors (Lipinski definition) is 2. The molecular weight excluding hydrogens is 306 g/mol. The van der Waals surface area contributed by atoms with Crippen LogP contribution >= 0.6 is 11.6 Å². The predicted octanol–water partition coefficient (Wildman–Crippen LogP) is 3.51. The Balaban J connectivity index is 2.29. The molecule has 0 spiro atoms. The van der Waals surface area contributed by atoms with Gasteiger partial charge < -0.3 is 0 Å². The van der Waals surface area contributed by atoms with Gasteiger partial charge in [0.25, 0.3) is 0 Å². The summed E-state index contributed by atoms with van der Waals surface area (Å²) in [6.07, 6.45) is 0.465. The molecule has 21 heavy (non-hydrogen) atoms. The maximum absolute atomic E-state index is 12.2. The molecule has 0 bridgehead atoms. The summed E-state index contributed by atoms with van der Waals surface area (Å²) in [4.78, 5) is 0.299. The highest BCUT2D eigenvalue weighted by Gasteiger charge is 2.19. The average molecular weight is 324 g/mol. The van der Waals surface area contributed by atoms with Crippen molar-refractivity contribution >= 4 is 21.6 Å². The molecule has 1 unspecified atom stereocenters. The van der Waals surface area contributed by atoms with Gasteiger partial charge in [-0.1, -0.05) is 55.5 Å². The van der Waals surface area contributed by atoms with Gasteiger partial charge >= 0.3 is 0 Å². The van der Waals surface area contributed by atoms with E-state index in [2.05, 4.69) is 4.72 Å². The quantitative estimate of drug-likeness (QED) is 0.827. The second-order valence-corrected chi connectivity index (χ2v) is 6.95. The summed E-state index contributed by atoms with van der Waals surface area (Å²) in [5.74, 6) is 0. The van der Waals surface area contributed by atoms with E-state index in [9.17, 15) is 8.42 Å². The fraction of sp³-hybridized carbons (Fsp3) is 0.250. The zero-order valence-corrected chi connectivity index (χ0v) is 13.4. The second-order valence-electron chi connectivity index (χ2n) is 4.69. The molecule has 2 rings (SSSR count). The van der Waals surface area contributed by atoms with E-state index < -0.39 is 10.0 Å². The molecule has 2 aromatic carbocycles. The lowest BCUT2D eigenvalue weighted by atomic mass is 10.0. The van der Waals surface area contributed by atoms with Gasteiger partial charge in [-0.25, -0.2) is 13.1 Å². The summed E-state index contributed by atoms with van der Waals surface area (Å²) in [7, 11) is -3.48. The van der Waals surface area contributed by atoms with Crippen LogP contribution in [0.4, 0.5) is 0 Å². The molecule has 0 fully saturated rings. The molecule has 112 valence electrons.